The average molecular weight is 372 g/mol. The van der Waals surface area contributed by atoms with Gasteiger partial charge < -0.3 is 14.2 Å². The highest BCUT2D eigenvalue weighted by atomic mass is 35.5. The number of rotatable bonds is 8. The van der Waals surface area contributed by atoms with Crippen LogP contribution in [0.4, 0.5) is 5.13 Å². The molecule has 130 valence electrons. The van der Waals surface area contributed by atoms with Crippen molar-refractivity contribution in [3.63, 3.8) is 0 Å². The van der Waals surface area contributed by atoms with Crippen LogP contribution < -0.4 is 19.5 Å². The van der Waals surface area contributed by atoms with E-state index in [1.807, 2.05) is 0 Å². The van der Waals surface area contributed by atoms with E-state index in [0.29, 0.717) is 33.8 Å². The zero-order valence-corrected chi connectivity index (χ0v) is 15.2. The van der Waals surface area contributed by atoms with E-state index in [1.165, 1.54) is 32.7 Å². The van der Waals surface area contributed by atoms with Crippen molar-refractivity contribution in [2.75, 3.05) is 32.5 Å². The smallest absolute Gasteiger partial charge is 0.257 e. The molecule has 0 saturated carbocycles. The fourth-order valence-electron chi connectivity index (χ4n) is 2.00. The minimum atomic E-state index is -0.339. The lowest BCUT2D eigenvalue weighted by Crippen LogP contribution is -2.12. The van der Waals surface area contributed by atoms with Crippen molar-refractivity contribution in [1.29, 1.82) is 0 Å². The Hall–Kier alpha value is -2.06. The maximum absolute atomic E-state index is 12.4. The Morgan fingerprint density at radius 1 is 1.17 bits per heavy atom. The van der Waals surface area contributed by atoms with Gasteiger partial charge in [0.15, 0.2) is 11.5 Å². The Morgan fingerprint density at radius 3 is 2.38 bits per heavy atom. The van der Waals surface area contributed by atoms with Crippen LogP contribution in [0.5, 0.6) is 17.2 Å². The van der Waals surface area contributed by atoms with E-state index in [2.05, 4.69) is 15.5 Å². The van der Waals surface area contributed by atoms with E-state index in [1.54, 1.807) is 12.1 Å². The van der Waals surface area contributed by atoms with E-state index >= 15 is 0 Å². The van der Waals surface area contributed by atoms with Crippen molar-refractivity contribution in [3.05, 3.63) is 22.7 Å². The maximum Gasteiger partial charge on any atom is 0.257 e. The number of carbonyl (C=O) groups is 1. The summed E-state index contributed by atoms with van der Waals surface area (Å²) < 4.78 is 15.7. The summed E-state index contributed by atoms with van der Waals surface area (Å²) in [4.78, 5) is 12.4. The van der Waals surface area contributed by atoms with Gasteiger partial charge in [0.05, 0.1) is 21.3 Å². The molecule has 0 radical (unpaired) electrons. The molecular formula is C15H18ClN3O4S. The predicted octanol–water partition coefficient (Wildman–Crippen LogP) is 2.99. The van der Waals surface area contributed by atoms with Gasteiger partial charge in [0.25, 0.3) is 5.91 Å². The number of ether oxygens (including phenoxy) is 3. The standard InChI is InChI=1S/C15H18ClN3O4S/c1-21-10-7-9(8-11(22-2)13(10)23-3)14(20)17-15-19-18-12(24-15)5-4-6-16/h7-8H,4-6H2,1-3H3,(H,17,19,20). The molecule has 0 unspecified atom stereocenters. The first-order valence-corrected chi connectivity index (χ1v) is 8.47. The van der Waals surface area contributed by atoms with Gasteiger partial charge >= 0.3 is 0 Å². The van der Waals surface area contributed by atoms with E-state index in [4.69, 9.17) is 25.8 Å². The Labute approximate surface area is 148 Å². The molecule has 9 heteroatoms. The molecule has 0 aliphatic rings. The third-order valence-electron chi connectivity index (χ3n) is 3.14. The van der Waals surface area contributed by atoms with Gasteiger partial charge in [-0.25, -0.2) is 0 Å². The Bertz CT molecular complexity index is 683. The van der Waals surface area contributed by atoms with E-state index in [-0.39, 0.29) is 5.91 Å². The molecule has 1 N–H and O–H groups in total. The van der Waals surface area contributed by atoms with Crippen molar-refractivity contribution >= 4 is 34.0 Å². The van der Waals surface area contributed by atoms with Crippen LogP contribution in [0, 0.1) is 0 Å². The summed E-state index contributed by atoms with van der Waals surface area (Å²) in [5, 5.41) is 12.0. The number of methoxy groups -OCH3 is 3. The molecule has 1 aromatic carbocycles. The van der Waals surface area contributed by atoms with Crippen LogP contribution in [-0.2, 0) is 6.42 Å². The molecule has 1 aromatic heterocycles. The van der Waals surface area contributed by atoms with E-state index in [9.17, 15) is 4.79 Å². The van der Waals surface area contributed by atoms with Gasteiger partial charge in [0.2, 0.25) is 10.9 Å². The van der Waals surface area contributed by atoms with Crippen molar-refractivity contribution in [2.45, 2.75) is 12.8 Å². The topological polar surface area (TPSA) is 82.6 Å². The number of aryl methyl sites for hydroxylation is 1. The number of anilines is 1. The van der Waals surface area contributed by atoms with Crippen molar-refractivity contribution in [2.24, 2.45) is 0 Å². The molecule has 0 atom stereocenters. The Balaban J connectivity index is 2.18. The fraction of sp³-hybridized carbons (Fsp3) is 0.400. The molecular weight excluding hydrogens is 354 g/mol. The number of nitrogens with one attached hydrogen (secondary N) is 1. The number of hydrogen-bond donors (Lipinski definition) is 1. The number of benzene rings is 1. The molecule has 0 spiro atoms. The van der Waals surface area contributed by atoms with Crippen molar-refractivity contribution in [1.82, 2.24) is 10.2 Å². The summed E-state index contributed by atoms with van der Waals surface area (Å²) in [5.41, 5.74) is 0.363. The highest BCUT2D eigenvalue weighted by Gasteiger charge is 2.18. The number of halogens is 1. The van der Waals surface area contributed by atoms with E-state index in [0.717, 1.165) is 17.8 Å². The van der Waals surface area contributed by atoms with Crippen LogP contribution >= 0.6 is 22.9 Å². The lowest BCUT2D eigenvalue weighted by atomic mass is 10.1. The minimum Gasteiger partial charge on any atom is -0.493 e. The first-order chi connectivity index (χ1) is 11.6. The Kier molecular flexibility index (Phi) is 6.62. The van der Waals surface area contributed by atoms with Gasteiger partial charge in [-0.2, -0.15) is 0 Å². The van der Waals surface area contributed by atoms with Crippen LogP contribution in [0.2, 0.25) is 0 Å². The minimum absolute atomic E-state index is 0.339. The molecule has 2 rings (SSSR count). The monoisotopic (exact) mass is 371 g/mol. The molecule has 0 aliphatic heterocycles. The number of hydrogen-bond acceptors (Lipinski definition) is 7. The van der Waals surface area contributed by atoms with E-state index < -0.39 is 0 Å². The molecule has 0 aliphatic carbocycles. The fourth-order valence-corrected chi connectivity index (χ4v) is 2.91. The third-order valence-corrected chi connectivity index (χ3v) is 4.30. The number of alkyl halides is 1. The van der Waals surface area contributed by atoms with Crippen LogP contribution in [0.15, 0.2) is 12.1 Å². The summed E-state index contributed by atoms with van der Waals surface area (Å²) in [7, 11) is 4.49. The number of amides is 1. The summed E-state index contributed by atoms with van der Waals surface area (Å²) in [5.74, 6) is 1.46. The quantitative estimate of drug-likeness (QED) is 0.718. The zero-order chi connectivity index (χ0) is 17.5. The molecule has 7 nitrogen and oxygen atoms in total. The van der Waals surface area contributed by atoms with Gasteiger partial charge in [-0.3, -0.25) is 10.1 Å². The zero-order valence-electron chi connectivity index (χ0n) is 13.6. The Morgan fingerprint density at radius 2 is 1.83 bits per heavy atom. The second kappa shape index (κ2) is 8.70. The first-order valence-electron chi connectivity index (χ1n) is 7.12. The molecule has 2 aromatic rings. The maximum atomic E-state index is 12.4. The third kappa shape index (κ3) is 4.27. The second-order valence-corrected chi connectivity index (χ2v) is 6.10. The second-order valence-electron chi connectivity index (χ2n) is 4.66. The molecule has 0 bridgehead atoms. The SMILES string of the molecule is COc1cc(C(=O)Nc2nnc(CCCCl)s2)cc(OC)c1OC. The van der Waals surface area contributed by atoms with Crippen LogP contribution in [0.1, 0.15) is 21.8 Å². The highest BCUT2D eigenvalue weighted by molar-refractivity contribution is 7.15. The normalized spacial score (nSPS) is 10.3. The number of nitrogens with zero attached hydrogens (tertiary/aromatic N) is 2. The van der Waals surface area contributed by atoms with Gasteiger partial charge in [-0.15, -0.1) is 21.8 Å². The summed E-state index contributed by atoms with van der Waals surface area (Å²) in [6.45, 7) is 0. The summed E-state index contributed by atoms with van der Waals surface area (Å²) in [6.07, 6.45) is 1.55. The van der Waals surface area contributed by atoms with Crippen molar-refractivity contribution < 1.29 is 19.0 Å². The van der Waals surface area contributed by atoms with Gasteiger partial charge in [0, 0.05) is 17.9 Å². The largest absolute Gasteiger partial charge is 0.493 e. The average Bonchev–Trinajstić information content (AvgIpc) is 3.05. The van der Waals surface area contributed by atoms with Gasteiger partial charge in [-0.1, -0.05) is 11.3 Å². The number of aromatic nitrogens is 2. The van der Waals surface area contributed by atoms with Crippen LogP contribution in [0.3, 0.4) is 0 Å². The van der Waals surface area contributed by atoms with Crippen LogP contribution in [-0.4, -0.2) is 43.3 Å². The molecule has 24 heavy (non-hydrogen) atoms. The first kappa shape index (κ1) is 18.3. The van der Waals surface area contributed by atoms with Crippen LogP contribution in [0.25, 0.3) is 0 Å². The molecule has 0 fully saturated rings. The highest BCUT2D eigenvalue weighted by Crippen LogP contribution is 2.38. The predicted molar refractivity (Wildman–Crippen MR) is 93.0 cm³/mol. The summed E-state index contributed by atoms with van der Waals surface area (Å²) >= 11 is 6.98. The van der Waals surface area contributed by atoms with Gasteiger partial charge in [-0.05, 0) is 18.6 Å². The lowest BCUT2D eigenvalue weighted by Gasteiger charge is -2.13. The molecule has 1 heterocycles. The van der Waals surface area contributed by atoms with Crippen molar-refractivity contribution in [3.8, 4) is 17.2 Å². The summed E-state index contributed by atoms with van der Waals surface area (Å²) in [6, 6.07) is 3.15. The van der Waals surface area contributed by atoms with Gasteiger partial charge in [0.1, 0.15) is 5.01 Å². The lowest BCUT2D eigenvalue weighted by molar-refractivity contribution is 0.102. The molecule has 1 amide bonds. The number of carbonyl (C=O) groups excluding carboxylic acids is 1. The molecule has 0 saturated heterocycles.